The van der Waals surface area contributed by atoms with Crippen molar-refractivity contribution in [1.29, 1.82) is 0 Å². The average molecular weight is 232 g/mol. The molecule has 2 aromatic rings. The molecule has 88 valence electrons. The third-order valence-electron chi connectivity index (χ3n) is 2.28. The fourth-order valence-electron chi connectivity index (χ4n) is 1.36. The van der Waals surface area contributed by atoms with Crippen LogP contribution in [-0.4, -0.2) is 10.2 Å². The summed E-state index contributed by atoms with van der Waals surface area (Å²) in [6.45, 7) is 0. The SMILES string of the molecule is Nc1cc(Oc2ccccc2)c(O)c(O)c1N. The van der Waals surface area contributed by atoms with Gasteiger partial charge in [-0.05, 0) is 12.1 Å². The predicted octanol–water partition coefficient (Wildman–Crippen LogP) is 2.05. The Labute approximate surface area is 97.9 Å². The molecule has 0 fully saturated rings. The summed E-state index contributed by atoms with van der Waals surface area (Å²) < 4.78 is 5.38. The summed E-state index contributed by atoms with van der Waals surface area (Å²) in [7, 11) is 0. The first-order valence-electron chi connectivity index (χ1n) is 4.92. The third-order valence-corrected chi connectivity index (χ3v) is 2.28. The fraction of sp³-hybridized carbons (Fsp3) is 0. The Morgan fingerprint density at radius 2 is 1.59 bits per heavy atom. The molecule has 0 unspecified atom stereocenters. The molecule has 17 heavy (non-hydrogen) atoms. The van der Waals surface area contributed by atoms with Crippen molar-refractivity contribution in [3.05, 3.63) is 36.4 Å². The van der Waals surface area contributed by atoms with Crippen LogP contribution < -0.4 is 16.2 Å². The highest BCUT2D eigenvalue weighted by Gasteiger charge is 2.15. The number of hydrogen-bond donors (Lipinski definition) is 4. The third kappa shape index (κ3) is 2.03. The quantitative estimate of drug-likeness (QED) is 0.360. The van der Waals surface area contributed by atoms with Crippen LogP contribution in [0.3, 0.4) is 0 Å². The number of nitrogen functional groups attached to an aromatic ring is 2. The van der Waals surface area contributed by atoms with E-state index in [-0.39, 0.29) is 17.1 Å². The van der Waals surface area contributed by atoms with E-state index in [0.717, 1.165) is 0 Å². The molecule has 0 aliphatic heterocycles. The number of ether oxygens (including phenoxy) is 1. The first kappa shape index (κ1) is 10.9. The Kier molecular flexibility index (Phi) is 2.66. The van der Waals surface area contributed by atoms with Gasteiger partial charge >= 0.3 is 0 Å². The van der Waals surface area contributed by atoms with Gasteiger partial charge in [-0.1, -0.05) is 18.2 Å². The monoisotopic (exact) mass is 232 g/mol. The lowest BCUT2D eigenvalue weighted by Gasteiger charge is -2.11. The van der Waals surface area contributed by atoms with Gasteiger partial charge in [0, 0.05) is 6.07 Å². The molecule has 5 heteroatoms. The summed E-state index contributed by atoms with van der Waals surface area (Å²) in [5, 5.41) is 19.2. The van der Waals surface area contributed by atoms with Crippen LogP contribution in [0.2, 0.25) is 0 Å². The molecular weight excluding hydrogens is 220 g/mol. The summed E-state index contributed by atoms with van der Waals surface area (Å²) in [4.78, 5) is 0. The minimum atomic E-state index is -0.476. The Hall–Kier alpha value is -2.56. The molecule has 0 radical (unpaired) electrons. The molecule has 5 nitrogen and oxygen atoms in total. The molecule has 2 aromatic carbocycles. The normalized spacial score (nSPS) is 10.1. The van der Waals surface area contributed by atoms with E-state index in [1.54, 1.807) is 24.3 Å². The van der Waals surface area contributed by atoms with Gasteiger partial charge in [0.05, 0.1) is 5.69 Å². The molecule has 0 aromatic heterocycles. The zero-order valence-corrected chi connectivity index (χ0v) is 8.92. The van der Waals surface area contributed by atoms with Crippen LogP contribution in [0.5, 0.6) is 23.0 Å². The second kappa shape index (κ2) is 4.13. The van der Waals surface area contributed by atoms with Crippen molar-refractivity contribution in [2.75, 3.05) is 11.5 Å². The van der Waals surface area contributed by atoms with E-state index < -0.39 is 11.5 Å². The van der Waals surface area contributed by atoms with Crippen molar-refractivity contribution >= 4 is 11.4 Å². The molecule has 0 saturated heterocycles. The Morgan fingerprint density at radius 1 is 0.941 bits per heavy atom. The molecule has 0 aliphatic rings. The van der Waals surface area contributed by atoms with Crippen molar-refractivity contribution in [1.82, 2.24) is 0 Å². The van der Waals surface area contributed by atoms with Crippen LogP contribution in [0.25, 0.3) is 0 Å². The molecule has 2 rings (SSSR count). The van der Waals surface area contributed by atoms with Crippen LogP contribution in [0.4, 0.5) is 11.4 Å². The lowest BCUT2D eigenvalue weighted by Crippen LogP contribution is -1.96. The zero-order chi connectivity index (χ0) is 12.4. The van der Waals surface area contributed by atoms with Crippen molar-refractivity contribution in [3.8, 4) is 23.0 Å². The van der Waals surface area contributed by atoms with Gasteiger partial charge in [0.1, 0.15) is 11.4 Å². The summed E-state index contributed by atoms with van der Waals surface area (Å²) in [6, 6.07) is 10.2. The first-order chi connectivity index (χ1) is 8.09. The van der Waals surface area contributed by atoms with E-state index in [1.165, 1.54) is 6.07 Å². The van der Waals surface area contributed by atoms with Crippen molar-refractivity contribution in [2.45, 2.75) is 0 Å². The highest BCUT2D eigenvalue weighted by atomic mass is 16.5. The predicted molar refractivity (Wildman–Crippen MR) is 65.1 cm³/mol. The molecule has 0 amide bonds. The number of anilines is 2. The second-order valence-corrected chi connectivity index (χ2v) is 3.49. The maximum absolute atomic E-state index is 9.65. The van der Waals surface area contributed by atoms with Gasteiger partial charge in [-0.2, -0.15) is 0 Å². The van der Waals surface area contributed by atoms with E-state index >= 15 is 0 Å². The van der Waals surface area contributed by atoms with Gasteiger partial charge in [0.2, 0.25) is 5.75 Å². The van der Waals surface area contributed by atoms with Gasteiger partial charge in [0.15, 0.2) is 11.5 Å². The number of benzene rings is 2. The molecule has 0 atom stereocenters. The topological polar surface area (TPSA) is 102 Å². The smallest absolute Gasteiger partial charge is 0.203 e. The van der Waals surface area contributed by atoms with Gasteiger partial charge in [0.25, 0.3) is 0 Å². The van der Waals surface area contributed by atoms with E-state index in [2.05, 4.69) is 0 Å². The van der Waals surface area contributed by atoms with Gasteiger partial charge < -0.3 is 26.4 Å². The summed E-state index contributed by atoms with van der Waals surface area (Å²) >= 11 is 0. The van der Waals surface area contributed by atoms with Crippen molar-refractivity contribution < 1.29 is 14.9 Å². The van der Waals surface area contributed by atoms with Crippen LogP contribution in [-0.2, 0) is 0 Å². The lowest BCUT2D eigenvalue weighted by molar-refractivity contribution is 0.374. The van der Waals surface area contributed by atoms with Crippen molar-refractivity contribution in [2.24, 2.45) is 0 Å². The number of para-hydroxylation sites is 1. The number of phenols is 2. The summed E-state index contributed by atoms with van der Waals surface area (Å²) in [5.41, 5.74) is 11.1. The number of rotatable bonds is 2. The fourth-order valence-corrected chi connectivity index (χ4v) is 1.36. The highest BCUT2D eigenvalue weighted by molar-refractivity contribution is 5.78. The molecule has 0 aliphatic carbocycles. The Balaban J connectivity index is 2.41. The van der Waals surface area contributed by atoms with E-state index in [1.807, 2.05) is 6.07 Å². The molecule has 0 bridgehead atoms. The molecule has 0 heterocycles. The minimum Gasteiger partial charge on any atom is -0.503 e. The average Bonchev–Trinajstić information content (AvgIpc) is 2.35. The van der Waals surface area contributed by atoms with Crippen molar-refractivity contribution in [3.63, 3.8) is 0 Å². The van der Waals surface area contributed by atoms with Crippen LogP contribution >= 0.6 is 0 Å². The standard InChI is InChI=1S/C12H12N2O3/c13-8-6-9(11(15)12(16)10(8)14)17-7-4-2-1-3-5-7/h1-6,15-16H,13-14H2. The Bertz CT molecular complexity index is 541. The molecule has 0 spiro atoms. The minimum absolute atomic E-state index is 0.0559. The lowest BCUT2D eigenvalue weighted by atomic mass is 10.2. The largest absolute Gasteiger partial charge is 0.503 e. The van der Waals surface area contributed by atoms with E-state index in [9.17, 15) is 10.2 Å². The van der Waals surface area contributed by atoms with Gasteiger partial charge in [-0.25, -0.2) is 0 Å². The number of phenolic OH excluding ortho intramolecular Hbond substituents is 2. The van der Waals surface area contributed by atoms with Crippen LogP contribution in [0.1, 0.15) is 0 Å². The maximum atomic E-state index is 9.65. The zero-order valence-electron chi connectivity index (χ0n) is 8.92. The van der Waals surface area contributed by atoms with E-state index in [0.29, 0.717) is 5.75 Å². The molecule has 0 saturated carbocycles. The highest BCUT2D eigenvalue weighted by Crippen LogP contribution is 2.44. The van der Waals surface area contributed by atoms with Crippen LogP contribution in [0, 0.1) is 0 Å². The van der Waals surface area contributed by atoms with Crippen LogP contribution in [0.15, 0.2) is 36.4 Å². The number of hydrogen-bond acceptors (Lipinski definition) is 5. The second-order valence-electron chi connectivity index (χ2n) is 3.49. The van der Waals surface area contributed by atoms with E-state index in [4.69, 9.17) is 16.2 Å². The molecule has 6 N–H and O–H groups in total. The molecular formula is C12H12N2O3. The van der Waals surface area contributed by atoms with Gasteiger partial charge in [-0.3, -0.25) is 0 Å². The van der Waals surface area contributed by atoms with Gasteiger partial charge in [-0.15, -0.1) is 0 Å². The number of aromatic hydroxyl groups is 2. The summed E-state index contributed by atoms with van der Waals surface area (Å²) in [5.74, 6) is -0.330. The first-order valence-corrected chi connectivity index (χ1v) is 4.92. The Morgan fingerprint density at radius 3 is 2.24 bits per heavy atom. The maximum Gasteiger partial charge on any atom is 0.203 e. The summed E-state index contributed by atoms with van der Waals surface area (Å²) in [6.07, 6.45) is 0. The number of nitrogens with two attached hydrogens (primary N) is 2.